The number of aliphatic hydroxyl groups is 1. The lowest BCUT2D eigenvalue weighted by molar-refractivity contribution is -0.0585. The average Bonchev–Trinajstić information content (AvgIpc) is 2.92. The van der Waals surface area contributed by atoms with Crippen molar-refractivity contribution < 1.29 is 19.0 Å². The summed E-state index contributed by atoms with van der Waals surface area (Å²) in [5, 5.41) is 13.1. The van der Waals surface area contributed by atoms with E-state index < -0.39 is 0 Å². The molecule has 0 saturated carbocycles. The van der Waals surface area contributed by atoms with Gasteiger partial charge in [0, 0.05) is 47.9 Å². The average molecular weight is 514 g/mol. The molecule has 0 aliphatic carbocycles. The van der Waals surface area contributed by atoms with Crippen LogP contribution in [0.1, 0.15) is 35.4 Å². The number of hydrogen-bond donors (Lipinski definition) is 2. The van der Waals surface area contributed by atoms with Crippen molar-refractivity contribution in [3.63, 3.8) is 0 Å². The van der Waals surface area contributed by atoms with E-state index in [1.807, 2.05) is 41.3 Å². The number of benzene rings is 3. The number of anilines is 1. The first-order valence-electron chi connectivity index (χ1n) is 13.0. The van der Waals surface area contributed by atoms with Crippen molar-refractivity contribution in [1.82, 2.24) is 9.80 Å². The zero-order chi connectivity index (χ0) is 26.5. The van der Waals surface area contributed by atoms with Crippen LogP contribution in [0.3, 0.4) is 0 Å². The summed E-state index contributed by atoms with van der Waals surface area (Å²) >= 11 is 0. The summed E-state index contributed by atoms with van der Waals surface area (Å²) in [5.41, 5.74) is 3.40. The van der Waals surface area contributed by atoms with Crippen molar-refractivity contribution in [2.45, 2.75) is 30.8 Å². The minimum atomic E-state index is -0.386. The zero-order valence-corrected chi connectivity index (χ0v) is 21.4. The molecule has 5 rings (SSSR count). The second-order valence-corrected chi connectivity index (χ2v) is 9.78. The summed E-state index contributed by atoms with van der Waals surface area (Å²) < 4.78 is 18.8. The molecular weight excluding hydrogens is 481 g/mol. The topological polar surface area (TPSA) is 65.0 Å². The van der Waals surface area contributed by atoms with Gasteiger partial charge in [-0.1, -0.05) is 30.0 Å². The third kappa shape index (κ3) is 5.67. The van der Waals surface area contributed by atoms with Crippen LogP contribution in [0.25, 0.3) is 0 Å². The number of ether oxygens (including phenoxy) is 1. The summed E-state index contributed by atoms with van der Waals surface area (Å²) in [6, 6.07) is 21.7. The van der Waals surface area contributed by atoms with Crippen molar-refractivity contribution in [1.29, 1.82) is 0 Å². The van der Waals surface area contributed by atoms with E-state index in [0.29, 0.717) is 18.8 Å². The number of fused-ring (bicyclic) bond motifs is 1. The van der Waals surface area contributed by atoms with Crippen LogP contribution in [0.5, 0.6) is 5.75 Å². The lowest BCUT2D eigenvalue weighted by Crippen LogP contribution is -2.68. The minimum absolute atomic E-state index is 0.0162. The molecule has 3 atom stereocenters. The van der Waals surface area contributed by atoms with Gasteiger partial charge < -0.3 is 20.1 Å². The van der Waals surface area contributed by atoms with Gasteiger partial charge in [-0.2, -0.15) is 0 Å². The van der Waals surface area contributed by atoms with Gasteiger partial charge in [0.1, 0.15) is 11.6 Å². The van der Waals surface area contributed by atoms with Gasteiger partial charge in [-0.3, -0.25) is 4.90 Å². The van der Waals surface area contributed by atoms with Crippen molar-refractivity contribution in [3.05, 3.63) is 95.3 Å². The molecule has 6 nitrogen and oxygen atoms in total. The lowest BCUT2D eigenvalue weighted by atomic mass is 9.74. The highest BCUT2D eigenvalue weighted by Crippen LogP contribution is 2.42. The molecule has 3 aromatic rings. The Morgan fingerprint density at radius 1 is 1.03 bits per heavy atom. The quantitative estimate of drug-likeness (QED) is 0.497. The molecular formula is C31H32FN3O3. The fourth-order valence-corrected chi connectivity index (χ4v) is 5.50. The first-order valence-corrected chi connectivity index (χ1v) is 13.0. The number of amides is 2. The third-order valence-electron chi connectivity index (χ3n) is 7.47. The zero-order valence-electron chi connectivity index (χ0n) is 21.4. The number of aliphatic hydroxyl groups excluding tert-OH is 1. The van der Waals surface area contributed by atoms with E-state index in [1.165, 1.54) is 12.1 Å². The Balaban J connectivity index is 1.30. The highest BCUT2D eigenvalue weighted by atomic mass is 19.1. The molecule has 3 aromatic carbocycles. The maximum Gasteiger partial charge on any atom is 0.321 e. The van der Waals surface area contributed by atoms with Crippen LogP contribution < -0.4 is 10.1 Å². The SMILES string of the molecule is COc1ccc(C#Cc2ccc([C@@H]3[C@H]4CN(C(=O)Nc5cccc(F)c5)CCCCN4[C@H]3CO)cc2)cc1. The fourth-order valence-electron chi connectivity index (χ4n) is 5.50. The Morgan fingerprint density at radius 2 is 1.71 bits per heavy atom. The van der Waals surface area contributed by atoms with Gasteiger partial charge in [0.05, 0.1) is 13.7 Å². The monoisotopic (exact) mass is 513 g/mol. The van der Waals surface area contributed by atoms with Gasteiger partial charge in [-0.05, 0) is 79.5 Å². The van der Waals surface area contributed by atoms with E-state index in [4.69, 9.17) is 4.74 Å². The standard InChI is InChI=1S/C31H32FN3O3/c1-38-27-15-11-23(12-16-27)8-7-22-9-13-24(14-10-22)30-28-20-34(17-2-3-18-35(28)29(30)21-36)31(37)33-26-6-4-5-25(32)19-26/h4-6,9-16,19,28-30,36H,2-3,17-18,20-21H2,1H3,(H,33,37)/t28-,29+,30-/m1/s1. The molecule has 2 aliphatic heterocycles. The second-order valence-electron chi connectivity index (χ2n) is 9.78. The highest BCUT2D eigenvalue weighted by Gasteiger charge is 2.49. The number of halogens is 1. The Bertz CT molecular complexity index is 1320. The van der Waals surface area contributed by atoms with Crippen LogP contribution in [0, 0.1) is 17.7 Å². The summed E-state index contributed by atoms with van der Waals surface area (Å²) in [7, 11) is 1.64. The number of hydrogen-bond acceptors (Lipinski definition) is 4. The molecule has 196 valence electrons. The summed E-state index contributed by atoms with van der Waals surface area (Å²) in [6.45, 7) is 2.15. The number of carbonyl (C=O) groups is 1. The van der Waals surface area contributed by atoms with E-state index in [2.05, 4.69) is 34.2 Å². The molecule has 0 bridgehead atoms. The maximum atomic E-state index is 13.6. The molecule has 0 aromatic heterocycles. The molecule has 0 radical (unpaired) electrons. The van der Waals surface area contributed by atoms with Gasteiger partial charge in [0.2, 0.25) is 0 Å². The molecule has 2 aliphatic rings. The fraction of sp³-hybridized carbons (Fsp3) is 0.323. The van der Waals surface area contributed by atoms with E-state index >= 15 is 0 Å². The summed E-state index contributed by atoms with van der Waals surface area (Å²) in [6.07, 6.45) is 1.83. The molecule has 38 heavy (non-hydrogen) atoms. The normalized spacial score (nSPS) is 21.1. The van der Waals surface area contributed by atoms with Gasteiger partial charge >= 0.3 is 6.03 Å². The van der Waals surface area contributed by atoms with Crippen LogP contribution in [0.15, 0.2) is 72.8 Å². The highest BCUT2D eigenvalue weighted by molar-refractivity contribution is 5.89. The summed E-state index contributed by atoms with van der Waals surface area (Å²) in [4.78, 5) is 17.2. The first-order chi connectivity index (χ1) is 18.6. The number of nitrogens with zero attached hydrogens (tertiary/aromatic N) is 2. The van der Waals surface area contributed by atoms with Crippen LogP contribution in [0.2, 0.25) is 0 Å². The predicted molar refractivity (Wildman–Crippen MR) is 146 cm³/mol. The predicted octanol–water partition coefficient (Wildman–Crippen LogP) is 4.69. The van der Waals surface area contributed by atoms with Crippen molar-refractivity contribution in [3.8, 4) is 17.6 Å². The second kappa shape index (κ2) is 11.7. The maximum absolute atomic E-state index is 13.6. The molecule has 0 unspecified atom stereocenters. The smallest absolute Gasteiger partial charge is 0.321 e. The Morgan fingerprint density at radius 3 is 2.37 bits per heavy atom. The van der Waals surface area contributed by atoms with E-state index in [9.17, 15) is 14.3 Å². The third-order valence-corrected chi connectivity index (χ3v) is 7.47. The van der Waals surface area contributed by atoms with Gasteiger partial charge in [0.15, 0.2) is 0 Å². The number of carbonyl (C=O) groups excluding carboxylic acids is 1. The molecule has 2 amide bonds. The number of urea groups is 1. The van der Waals surface area contributed by atoms with Crippen LogP contribution >= 0.6 is 0 Å². The first kappa shape index (κ1) is 25.8. The summed E-state index contributed by atoms with van der Waals surface area (Å²) in [5.74, 6) is 6.91. The molecule has 0 spiro atoms. The van der Waals surface area contributed by atoms with E-state index in [0.717, 1.165) is 41.8 Å². The van der Waals surface area contributed by atoms with Gasteiger partial charge in [-0.15, -0.1) is 0 Å². The molecule has 2 N–H and O–H groups in total. The Hall–Kier alpha value is -3.86. The Labute approximate surface area is 223 Å². The van der Waals surface area contributed by atoms with Gasteiger partial charge in [0.25, 0.3) is 0 Å². The number of rotatable bonds is 4. The van der Waals surface area contributed by atoms with Crippen LogP contribution in [-0.4, -0.2) is 66.4 Å². The number of nitrogens with one attached hydrogen (secondary N) is 1. The van der Waals surface area contributed by atoms with Crippen molar-refractivity contribution >= 4 is 11.7 Å². The lowest BCUT2D eigenvalue weighted by Gasteiger charge is -2.57. The molecule has 2 fully saturated rings. The van der Waals surface area contributed by atoms with Crippen molar-refractivity contribution in [2.24, 2.45) is 0 Å². The Kier molecular flexibility index (Phi) is 7.92. The van der Waals surface area contributed by atoms with Crippen LogP contribution in [0.4, 0.5) is 14.9 Å². The van der Waals surface area contributed by atoms with Crippen LogP contribution in [-0.2, 0) is 0 Å². The van der Waals surface area contributed by atoms with E-state index in [-0.39, 0.29) is 36.5 Å². The minimum Gasteiger partial charge on any atom is -0.497 e. The van der Waals surface area contributed by atoms with Gasteiger partial charge in [-0.25, -0.2) is 9.18 Å². The number of methoxy groups -OCH3 is 1. The van der Waals surface area contributed by atoms with Crippen molar-refractivity contribution in [2.75, 3.05) is 38.7 Å². The molecule has 7 heteroatoms. The van der Waals surface area contributed by atoms with E-state index in [1.54, 1.807) is 19.2 Å². The molecule has 2 saturated heterocycles. The largest absolute Gasteiger partial charge is 0.497 e. The molecule has 2 heterocycles.